The molecule has 2 heterocycles. The molecule has 3 aromatic rings. The highest BCUT2D eigenvalue weighted by molar-refractivity contribution is 6.30. The number of carbonyl (C=O) groups is 1. The summed E-state index contributed by atoms with van der Waals surface area (Å²) in [5.41, 5.74) is 2.05. The van der Waals surface area contributed by atoms with E-state index in [1.54, 1.807) is 12.0 Å². The highest BCUT2D eigenvalue weighted by Gasteiger charge is 2.39. The summed E-state index contributed by atoms with van der Waals surface area (Å²) in [4.78, 5) is 19.5. The molecule has 2 aromatic carbocycles. The molecule has 1 aliphatic heterocycles. The smallest absolute Gasteiger partial charge is 0.231 e. The molecule has 0 saturated heterocycles. The summed E-state index contributed by atoms with van der Waals surface area (Å²) in [6.45, 7) is 2.08. The fourth-order valence-corrected chi connectivity index (χ4v) is 4.22. The van der Waals surface area contributed by atoms with Crippen molar-refractivity contribution in [2.75, 3.05) is 12.0 Å². The zero-order valence-electron chi connectivity index (χ0n) is 17.2. The molecule has 2 atom stereocenters. The fraction of sp³-hybridized carbons (Fsp3) is 0.348. The van der Waals surface area contributed by atoms with Crippen molar-refractivity contribution in [1.29, 1.82) is 0 Å². The van der Waals surface area contributed by atoms with E-state index in [1.165, 1.54) is 6.33 Å². The van der Waals surface area contributed by atoms with Crippen LogP contribution in [-0.2, 0) is 4.79 Å². The Bertz CT molecular complexity index is 1020. The van der Waals surface area contributed by atoms with Crippen LogP contribution in [0, 0.1) is 0 Å². The van der Waals surface area contributed by atoms with E-state index < -0.39 is 0 Å². The van der Waals surface area contributed by atoms with E-state index in [0.717, 1.165) is 29.7 Å². The van der Waals surface area contributed by atoms with E-state index >= 15 is 0 Å². The predicted molar refractivity (Wildman–Crippen MR) is 117 cm³/mol. The monoisotopic (exact) mass is 424 g/mol. The first-order valence-electron chi connectivity index (χ1n) is 10.2. The molecule has 7 heteroatoms. The van der Waals surface area contributed by atoms with Gasteiger partial charge in [0.1, 0.15) is 12.1 Å². The van der Waals surface area contributed by atoms with Gasteiger partial charge in [-0.15, -0.1) is 0 Å². The third kappa shape index (κ3) is 3.79. The van der Waals surface area contributed by atoms with Crippen molar-refractivity contribution in [3.63, 3.8) is 0 Å². The molecule has 1 amide bonds. The van der Waals surface area contributed by atoms with Gasteiger partial charge in [0, 0.05) is 17.0 Å². The third-order valence-electron chi connectivity index (χ3n) is 5.59. The first kappa shape index (κ1) is 20.4. The van der Waals surface area contributed by atoms with Gasteiger partial charge in [0.25, 0.3) is 0 Å². The van der Waals surface area contributed by atoms with Gasteiger partial charge in [-0.1, -0.05) is 55.3 Å². The van der Waals surface area contributed by atoms with Gasteiger partial charge in [0.15, 0.2) is 0 Å². The molecule has 0 aliphatic carbocycles. The topological polar surface area (TPSA) is 60.2 Å². The first-order chi connectivity index (χ1) is 14.6. The van der Waals surface area contributed by atoms with Crippen LogP contribution in [0.5, 0.6) is 5.75 Å². The Morgan fingerprint density at radius 2 is 1.93 bits per heavy atom. The van der Waals surface area contributed by atoms with Crippen LogP contribution < -0.4 is 9.64 Å². The Hall–Kier alpha value is -2.86. The van der Waals surface area contributed by atoms with E-state index in [-0.39, 0.29) is 18.0 Å². The van der Waals surface area contributed by atoms with Gasteiger partial charge in [-0.05, 0) is 36.6 Å². The summed E-state index contributed by atoms with van der Waals surface area (Å²) in [5.74, 6) is 1.42. The Labute approximate surface area is 181 Å². The lowest BCUT2D eigenvalue weighted by Crippen LogP contribution is -2.42. The van der Waals surface area contributed by atoms with Gasteiger partial charge in [-0.3, -0.25) is 9.69 Å². The van der Waals surface area contributed by atoms with Gasteiger partial charge >= 0.3 is 0 Å². The normalized spacial score (nSPS) is 18.2. The molecule has 30 heavy (non-hydrogen) atoms. The number of amides is 1. The maximum atomic E-state index is 13.2. The Balaban J connectivity index is 1.82. The lowest BCUT2D eigenvalue weighted by molar-refractivity contribution is -0.119. The minimum atomic E-state index is -0.168. The molecule has 0 N–H and O–H groups in total. The van der Waals surface area contributed by atoms with Crippen molar-refractivity contribution >= 4 is 23.5 Å². The minimum Gasteiger partial charge on any atom is -0.496 e. The van der Waals surface area contributed by atoms with Crippen LogP contribution in [0.15, 0.2) is 54.9 Å². The molecular formula is C23H25ClN4O2. The lowest BCUT2D eigenvalue weighted by atomic mass is 9.91. The minimum absolute atomic E-state index is 0.0597. The fourth-order valence-electron chi connectivity index (χ4n) is 4.10. The van der Waals surface area contributed by atoms with Crippen molar-refractivity contribution in [2.24, 2.45) is 0 Å². The first-order valence-corrected chi connectivity index (χ1v) is 10.6. The summed E-state index contributed by atoms with van der Waals surface area (Å²) in [5, 5.41) is 5.15. The van der Waals surface area contributed by atoms with E-state index in [2.05, 4.69) is 17.0 Å². The summed E-state index contributed by atoms with van der Waals surface area (Å²) in [7, 11) is 1.67. The molecule has 0 fully saturated rings. The van der Waals surface area contributed by atoms with Crippen LogP contribution in [0.1, 0.15) is 55.8 Å². The van der Waals surface area contributed by atoms with Crippen molar-refractivity contribution in [2.45, 2.75) is 44.7 Å². The number of benzene rings is 2. The second-order valence-electron chi connectivity index (χ2n) is 7.43. The predicted octanol–water partition coefficient (Wildman–Crippen LogP) is 5.20. The molecular weight excluding hydrogens is 400 g/mol. The number of halogens is 1. The Kier molecular flexibility index (Phi) is 6.04. The average molecular weight is 425 g/mol. The van der Waals surface area contributed by atoms with Crippen molar-refractivity contribution < 1.29 is 9.53 Å². The summed E-state index contributed by atoms with van der Waals surface area (Å²) in [6, 6.07) is 15.4. The van der Waals surface area contributed by atoms with Crippen molar-refractivity contribution in [1.82, 2.24) is 14.8 Å². The molecule has 0 spiro atoms. The van der Waals surface area contributed by atoms with Crippen LogP contribution in [0.4, 0.5) is 5.95 Å². The number of nitrogens with zero attached hydrogens (tertiary/aromatic N) is 4. The molecule has 0 unspecified atom stereocenters. The van der Waals surface area contributed by atoms with Gasteiger partial charge < -0.3 is 4.74 Å². The molecule has 1 aromatic heterocycles. The number of ether oxygens (including phenoxy) is 1. The maximum Gasteiger partial charge on any atom is 0.231 e. The Morgan fingerprint density at radius 1 is 1.17 bits per heavy atom. The zero-order valence-corrected chi connectivity index (χ0v) is 17.9. The Morgan fingerprint density at radius 3 is 2.67 bits per heavy atom. The third-order valence-corrected chi connectivity index (χ3v) is 5.84. The second kappa shape index (κ2) is 8.88. The number of hydrogen-bond acceptors (Lipinski definition) is 4. The number of carbonyl (C=O) groups excluding carboxylic acids is 1. The summed E-state index contributed by atoms with van der Waals surface area (Å²) < 4.78 is 7.46. The molecule has 6 nitrogen and oxygen atoms in total. The number of aromatic nitrogens is 3. The van der Waals surface area contributed by atoms with Crippen LogP contribution in [-0.4, -0.2) is 27.8 Å². The number of fused-ring (bicyclic) bond motifs is 1. The van der Waals surface area contributed by atoms with Gasteiger partial charge in [-0.25, -0.2) is 4.68 Å². The molecule has 0 radical (unpaired) electrons. The van der Waals surface area contributed by atoms with Gasteiger partial charge in [0.05, 0.1) is 19.2 Å². The van der Waals surface area contributed by atoms with Crippen LogP contribution in [0.2, 0.25) is 5.02 Å². The molecule has 156 valence electrons. The number of para-hydroxylation sites is 1. The highest BCUT2D eigenvalue weighted by Crippen LogP contribution is 2.44. The molecule has 0 saturated carbocycles. The maximum absolute atomic E-state index is 13.2. The molecule has 4 rings (SSSR count). The van der Waals surface area contributed by atoms with Crippen LogP contribution >= 0.6 is 11.6 Å². The number of rotatable bonds is 6. The number of anilines is 1. The molecule has 0 bridgehead atoms. The highest BCUT2D eigenvalue weighted by atomic mass is 35.5. The van der Waals surface area contributed by atoms with E-state index in [0.29, 0.717) is 23.8 Å². The van der Waals surface area contributed by atoms with E-state index in [4.69, 9.17) is 16.3 Å². The number of unbranched alkanes of at least 4 members (excludes halogenated alkanes) is 1. The largest absolute Gasteiger partial charge is 0.496 e. The van der Waals surface area contributed by atoms with Gasteiger partial charge in [0.2, 0.25) is 11.9 Å². The quantitative estimate of drug-likeness (QED) is 0.545. The van der Waals surface area contributed by atoms with Crippen molar-refractivity contribution in [3.05, 3.63) is 71.0 Å². The number of hydrogen-bond donors (Lipinski definition) is 0. The summed E-state index contributed by atoms with van der Waals surface area (Å²) in [6.07, 6.45) is 4.46. The SMILES string of the molecule is CCCCC(=O)N1c2ncnn2[C@@H](c2ccccc2OC)C[C@@H]1c1ccc(Cl)cc1. The van der Waals surface area contributed by atoms with Crippen LogP contribution in [0.3, 0.4) is 0 Å². The average Bonchev–Trinajstić information content (AvgIpc) is 3.26. The van der Waals surface area contributed by atoms with Crippen LogP contribution in [0.25, 0.3) is 0 Å². The van der Waals surface area contributed by atoms with Gasteiger partial charge in [-0.2, -0.15) is 10.1 Å². The molecule has 1 aliphatic rings. The number of methoxy groups -OCH3 is 1. The second-order valence-corrected chi connectivity index (χ2v) is 7.87. The van der Waals surface area contributed by atoms with Crippen molar-refractivity contribution in [3.8, 4) is 5.75 Å². The van der Waals surface area contributed by atoms with E-state index in [9.17, 15) is 4.79 Å². The summed E-state index contributed by atoms with van der Waals surface area (Å²) >= 11 is 6.12. The standard InChI is InChI=1S/C23H25ClN4O2/c1-3-4-9-22(29)27-19(16-10-12-17(24)13-11-16)14-20(28-23(27)25-15-26-28)18-7-5-6-8-21(18)30-2/h5-8,10-13,15,19-20H,3-4,9,14H2,1-2H3/t19-,20-/m1/s1. The van der Waals surface area contributed by atoms with E-state index in [1.807, 2.05) is 53.2 Å². The zero-order chi connectivity index (χ0) is 21.1. The lowest BCUT2D eigenvalue weighted by Gasteiger charge is -2.39.